The highest BCUT2D eigenvalue weighted by molar-refractivity contribution is 7.89. The molecule has 0 bridgehead atoms. The second kappa shape index (κ2) is 10.5. The Morgan fingerprint density at radius 3 is 2.81 bits per heavy atom. The van der Waals surface area contributed by atoms with Gasteiger partial charge < -0.3 is 0 Å². The van der Waals surface area contributed by atoms with Gasteiger partial charge in [0.15, 0.2) is 0 Å². The third kappa shape index (κ3) is 5.31. The Labute approximate surface area is 194 Å². The van der Waals surface area contributed by atoms with E-state index >= 15 is 0 Å². The minimum atomic E-state index is -3.22. The average Bonchev–Trinajstić information content (AvgIpc) is 2.78. The molecule has 6 heteroatoms. The van der Waals surface area contributed by atoms with E-state index in [4.69, 9.17) is 11.6 Å². The second-order valence-electron chi connectivity index (χ2n) is 9.78. The highest BCUT2D eigenvalue weighted by Gasteiger charge is 2.45. The second-order valence-corrected chi connectivity index (χ2v) is 12.2. The first-order chi connectivity index (χ1) is 15.0. The third-order valence-electron chi connectivity index (χ3n) is 7.69. The molecule has 174 valence electrons. The molecule has 3 heterocycles. The van der Waals surface area contributed by atoms with Crippen LogP contribution < -0.4 is 0 Å². The zero-order valence-corrected chi connectivity index (χ0v) is 20.6. The lowest BCUT2D eigenvalue weighted by Gasteiger charge is -2.51. The molecule has 4 nitrogen and oxygen atoms in total. The van der Waals surface area contributed by atoms with E-state index in [1.807, 2.05) is 4.31 Å². The van der Waals surface area contributed by atoms with Crippen molar-refractivity contribution in [1.82, 2.24) is 9.21 Å². The molecule has 0 N–H and O–H groups in total. The summed E-state index contributed by atoms with van der Waals surface area (Å²) < 4.78 is 28.0. The van der Waals surface area contributed by atoms with Gasteiger partial charge in [0.05, 0.1) is 5.75 Å². The zero-order valence-electron chi connectivity index (χ0n) is 19.1. The van der Waals surface area contributed by atoms with Crippen molar-refractivity contribution < 1.29 is 8.42 Å². The Bertz CT molecular complexity index is 844. The SMILES string of the molecule is CCCCCCc1ccc2c(c1)CCN1C[C@H]3CCCN(S(=O)(=O)CCCCl)[C@H]3C[C@@H]21. The summed E-state index contributed by atoms with van der Waals surface area (Å²) in [5.74, 6) is 1.06. The number of halogens is 1. The fraction of sp³-hybridized carbons (Fsp3) is 0.760. The molecular weight excluding hydrogens is 428 g/mol. The van der Waals surface area contributed by atoms with Gasteiger partial charge in [0.2, 0.25) is 10.0 Å². The molecule has 3 aliphatic rings. The van der Waals surface area contributed by atoms with Crippen molar-refractivity contribution in [2.75, 3.05) is 31.3 Å². The van der Waals surface area contributed by atoms with Crippen LogP contribution in [0.15, 0.2) is 18.2 Å². The lowest BCUT2D eigenvalue weighted by molar-refractivity contribution is 0.0220. The summed E-state index contributed by atoms with van der Waals surface area (Å²) in [7, 11) is -3.22. The monoisotopic (exact) mass is 466 g/mol. The molecule has 2 saturated heterocycles. The van der Waals surface area contributed by atoms with Crippen molar-refractivity contribution in [2.24, 2.45) is 5.92 Å². The van der Waals surface area contributed by atoms with E-state index in [1.54, 1.807) is 0 Å². The highest BCUT2D eigenvalue weighted by atomic mass is 35.5. The fourth-order valence-electron chi connectivity index (χ4n) is 6.08. The topological polar surface area (TPSA) is 40.6 Å². The summed E-state index contributed by atoms with van der Waals surface area (Å²) in [5.41, 5.74) is 4.42. The number of aryl methyl sites for hydroxylation is 1. The van der Waals surface area contributed by atoms with Crippen molar-refractivity contribution in [3.05, 3.63) is 34.9 Å². The lowest BCUT2D eigenvalue weighted by Crippen LogP contribution is -2.57. The maximum Gasteiger partial charge on any atom is 0.214 e. The van der Waals surface area contributed by atoms with E-state index in [0.717, 1.165) is 38.8 Å². The first kappa shape index (κ1) is 23.5. The molecule has 1 aromatic rings. The largest absolute Gasteiger partial charge is 0.296 e. The number of alkyl halides is 1. The van der Waals surface area contributed by atoms with E-state index in [1.165, 1.54) is 48.8 Å². The van der Waals surface area contributed by atoms with Gasteiger partial charge in [-0.1, -0.05) is 44.4 Å². The lowest BCUT2D eigenvalue weighted by atomic mass is 9.77. The van der Waals surface area contributed by atoms with Crippen molar-refractivity contribution in [3.63, 3.8) is 0 Å². The van der Waals surface area contributed by atoms with Crippen LogP contribution in [0, 0.1) is 5.92 Å². The van der Waals surface area contributed by atoms with Gasteiger partial charge >= 0.3 is 0 Å². The van der Waals surface area contributed by atoms with Crippen LogP contribution in [0.25, 0.3) is 0 Å². The summed E-state index contributed by atoms with van der Waals surface area (Å²) in [6.07, 6.45) is 11.1. The molecule has 4 rings (SSSR count). The normalized spacial score (nSPS) is 26.8. The van der Waals surface area contributed by atoms with Gasteiger partial charge in [-0.2, -0.15) is 4.31 Å². The number of nitrogens with zero attached hydrogens (tertiary/aromatic N) is 2. The molecule has 0 aromatic heterocycles. The molecule has 3 aliphatic heterocycles. The molecule has 0 amide bonds. The highest BCUT2D eigenvalue weighted by Crippen LogP contribution is 2.43. The first-order valence-corrected chi connectivity index (χ1v) is 14.6. The van der Waals surface area contributed by atoms with Crippen LogP contribution in [0.1, 0.15) is 81.0 Å². The van der Waals surface area contributed by atoms with Crippen LogP contribution >= 0.6 is 11.6 Å². The Hall–Kier alpha value is -0.620. The Morgan fingerprint density at radius 2 is 2.00 bits per heavy atom. The predicted molar refractivity (Wildman–Crippen MR) is 129 cm³/mol. The molecule has 1 aromatic carbocycles. The molecule has 0 spiro atoms. The smallest absolute Gasteiger partial charge is 0.214 e. The molecule has 0 aliphatic carbocycles. The van der Waals surface area contributed by atoms with Crippen molar-refractivity contribution >= 4 is 21.6 Å². The number of piperidine rings is 2. The maximum absolute atomic E-state index is 13.1. The number of fused-ring (bicyclic) bond motifs is 4. The molecule has 0 radical (unpaired) electrons. The van der Waals surface area contributed by atoms with Gasteiger partial charge in [0.1, 0.15) is 0 Å². The Balaban J connectivity index is 1.50. The van der Waals surface area contributed by atoms with E-state index < -0.39 is 10.0 Å². The third-order valence-corrected chi connectivity index (χ3v) is 9.93. The summed E-state index contributed by atoms with van der Waals surface area (Å²) in [6, 6.07) is 7.64. The predicted octanol–water partition coefficient (Wildman–Crippen LogP) is 5.15. The number of hydrogen-bond donors (Lipinski definition) is 0. The van der Waals surface area contributed by atoms with Gasteiger partial charge in [-0.15, -0.1) is 11.6 Å². The number of rotatable bonds is 9. The number of sulfonamides is 1. The standard InChI is InChI=1S/C25H39ClN2O2S/c1-2-3-4-5-8-20-10-11-23-21(17-20)12-15-27-19-22-9-6-14-28(24(22)18-25(23)27)31(29,30)16-7-13-26/h10-11,17,22,24-25H,2-9,12-16,18-19H2,1H3/t22-,24+,25+/m1/s1. The molecular formula is C25H39ClN2O2S. The van der Waals surface area contributed by atoms with Crippen molar-refractivity contribution in [3.8, 4) is 0 Å². The van der Waals surface area contributed by atoms with E-state index in [2.05, 4.69) is 30.0 Å². The molecule has 2 fully saturated rings. The molecule has 31 heavy (non-hydrogen) atoms. The van der Waals surface area contributed by atoms with Crippen LogP contribution in [0.3, 0.4) is 0 Å². The van der Waals surface area contributed by atoms with Crippen molar-refractivity contribution in [2.45, 2.75) is 83.2 Å². The summed E-state index contributed by atoms with van der Waals surface area (Å²) in [6.45, 7) is 5.09. The van der Waals surface area contributed by atoms with E-state index in [-0.39, 0.29) is 11.8 Å². The van der Waals surface area contributed by atoms with Crippen LogP contribution in [0.4, 0.5) is 0 Å². The molecule has 0 saturated carbocycles. The summed E-state index contributed by atoms with van der Waals surface area (Å²) in [4.78, 5) is 2.64. The maximum atomic E-state index is 13.1. The number of hydrogen-bond acceptors (Lipinski definition) is 3. The fourth-order valence-corrected chi connectivity index (χ4v) is 8.19. The van der Waals surface area contributed by atoms with Crippen LogP contribution in [-0.2, 0) is 22.9 Å². The Morgan fingerprint density at radius 1 is 1.13 bits per heavy atom. The number of benzene rings is 1. The van der Waals surface area contributed by atoms with Gasteiger partial charge in [0, 0.05) is 37.6 Å². The summed E-state index contributed by atoms with van der Waals surface area (Å²) in [5, 5.41) is 0. The zero-order chi connectivity index (χ0) is 21.8. The van der Waals surface area contributed by atoms with Crippen molar-refractivity contribution in [1.29, 1.82) is 0 Å². The van der Waals surface area contributed by atoms with Gasteiger partial charge in [-0.05, 0) is 67.6 Å². The van der Waals surface area contributed by atoms with Crippen LogP contribution in [0.2, 0.25) is 0 Å². The first-order valence-electron chi connectivity index (χ1n) is 12.4. The van der Waals surface area contributed by atoms with Gasteiger partial charge in [0.25, 0.3) is 0 Å². The molecule has 0 unspecified atom stereocenters. The van der Waals surface area contributed by atoms with Crippen LogP contribution in [-0.4, -0.2) is 54.9 Å². The molecule has 3 atom stereocenters. The van der Waals surface area contributed by atoms with E-state index in [0.29, 0.717) is 30.8 Å². The van der Waals surface area contributed by atoms with Gasteiger partial charge in [-0.3, -0.25) is 4.90 Å². The van der Waals surface area contributed by atoms with Crippen LogP contribution in [0.5, 0.6) is 0 Å². The quantitative estimate of drug-likeness (QED) is 0.373. The number of unbranched alkanes of at least 4 members (excludes halogenated alkanes) is 3. The Kier molecular flexibility index (Phi) is 8.00. The minimum absolute atomic E-state index is 0.148. The van der Waals surface area contributed by atoms with E-state index in [9.17, 15) is 8.42 Å². The van der Waals surface area contributed by atoms with Gasteiger partial charge in [-0.25, -0.2) is 8.42 Å². The summed E-state index contributed by atoms with van der Waals surface area (Å²) >= 11 is 5.80. The minimum Gasteiger partial charge on any atom is -0.296 e. The average molecular weight is 467 g/mol.